The van der Waals surface area contributed by atoms with Crippen molar-refractivity contribution >= 4 is 21.2 Å². The van der Waals surface area contributed by atoms with Gasteiger partial charge in [-0.15, -0.1) is 0 Å². The lowest BCUT2D eigenvalue weighted by atomic mass is 10.1. The Balaban J connectivity index is 2.52. The number of pyridine rings is 1. The largest absolute Gasteiger partial charge is 0.501 e. The van der Waals surface area contributed by atoms with Crippen molar-refractivity contribution in [1.29, 1.82) is 0 Å². The minimum absolute atomic E-state index is 0.0331. The number of benzene rings is 1. The lowest BCUT2D eigenvalue weighted by Gasteiger charge is -2.26. The second kappa shape index (κ2) is 6.90. The van der Waals surface area contributed by atoms with Crippen molar-refractivity contribution < 1.29 is 26.5 Å². The molecule has 1 heterocycles. The SMILES string of the molecule is CC(c1ccccn1)N(C)c1ccc(S(=O)(=O)C(F)(F)F)cc1[N+](=O)[O-]. The summed E-state index contributed by atoms with van der Waals surface area (Å²) in [5, 5.41) is 11.3. The normalized spacial score (nSPS) is 13.3. The molecule has 7 nitrogen and oxygen atoms in total. The van der Waals surface area contributed by atoms with Crippen molar-refractivity contribution in [3.63, 3.8) is 0 Å². The Morgan fingerprint density at radius 2 is 1.88 bits per heavy atom. The average molecular weight is 389 g/mol. The first-order valence-electron chi connectivity index (χ1n) is 7.20. The van der Waals surface area contributed by atoms with Crippen molar-refractivity contribution in [2.45, 2.75) is 23.4 Å². The van der Waals surface area contributed by atoms with Gasteiger partial charge in [0, 0.05) is 19.3 Å². The number of nitrogens with zero attached hydrogens (tertiary/aromatic N) is 3. The first kappa shape index (κ1) is 19.6. The maximum absolute atomic E-state index is 12.7. The molecule has 0 N–H and O–H groups in total. The van der Waals surface area contributed by atoms with Gasteiger partial charge in [0.25, 0.3) is 15.5 Å². The van der Waals surface area contributed by atoms with Crippen LogP contribution in [0.25, 0.3) is 0 Å². The van der Waals surface area contributed by atoms with Gasteiger partial charge in [0.1, 0.15) is 5.69 Å². The van der Waals surface area contributed by atoms with Crippen LogP contribution < -0.4 is 4.90 Å². The van der Waals surface area contributed by atoms with Crippen LogP contribution in [0.5, 0.6) is 0 Å². The molecule has 0 aliphatic heterocycles. The van der Waals surface area contributed by atoms with Gasteiger partial charge in [-0.05, 0) is 31.2 Å². The Labute approximate surface area is 147 Å². The van der Waals surface area contributed by atoms with Gasteiger partial charge in [0.05, 0.1) is 21.6 Å². The van der Waals surface area contributed by atoms with Gasteiger partial charge in [-0.3, -0.25) is 15.1 Å². The van der Waals surface area contributed by atoms with Crippen molar-refractivity contribution in [2.24, 2.45) is 0 Å². The molecule has 1 aromatic carbocycles. The summed E-state index contributed by atoms with van der Waals surface area (Å²) in [5.74, 6) is 0. The molecule has 26 heavy (non-hydrogen) atoms. The maximum Gasteiger partial charge on any atom is 0.501 e. The van der Waals surface area contributed by atoms with E-state index in [0.717, 1.165) is 6.07 Å². The summed E-state index contributed by atoms with van der Waals surface area (Å²) in [7, 11) is -4.18. The maximum atomic E-state index is 12.7. The molecule has 11 heteroatoms. The van der Waals surface area contributed by atoms with E-state index in [0.29, 0.717) is 17.8 Å². The number of aromatic nitrogens is 1. The molecule has 140 valence electrons. The Bertz CT molecular complexity index is 917. The van der Waals surface area contributed by atoms with Gasteiger partial charge < -0.3 is 4.90 Å². The lowest BCUT2D eigenvalue weighted by molar-refractivity contribution is -0.384. The average Bonchev–Trinajstić information content (AvgIpc) is 2.59. The fraction of sp³-hybridized carbons (Fsp3) is 0.267. The third-order valence-corrected chi connectivity index (χ3v) is 5.32. The summed E-state index contributed by atoms with van der Waals surface area (Å²) in [4.78, 5) is 14.8. The first-order valence-corrected chi connectivity index (χ1v) is 8.68. The van der Waals surface area contributed by atoms with E-state index < -0.39 is 36.9 Å². The molecule has 2 aromatic rings. The van der Waals surface area contributed by atoms with Crippen molar-refractivity contribution in [1.82, 2.24) is 4.98 Å². The molecule has 0 saturated carbocycles. The molecule has 1 atom stereocenters. The topological polar surface area (TPSA) is 93.4 Å². The molecule has 0 radical (unpaired) electrons. The van der Waals surface area contributed by atoms with Gasteiger partial charge in [-0.1, -0.05) is 6.07 Å². The minimum Gasteiger partial charge on any atom is -0.361 e. The summed E-state index contributed by atoms with van der Waals surface area (Å²) < 4.78 is 61.0. The molecule has 0 amide bonds. The zero-order valence-electron chi connectivity index (χ0n) is 13.6. The number of rotatable bonds is 5. The fourth-order valence-corrected chi connectivity index (χ4v) is 3.06. The van der Waals surface area contributed by atoms with Gasteiger partial charge in [0.2, 0.25) is 0 Å². The second-order valence-electron chi connectivity index (χ2n) is 5.40. The summed E-state index contributed by atoms with van der Waals surface area (Å²) in [6.45, 7) is 1.70. The predicted octanol–water partition coefficient (Wildman–Crippen LogP) is 3.48. The molecule has 1 unspecified atom stereocenters. The monoisotopic (exact) mass is 389 g/mol. The van der Waals surface area contributed by atoms with Gasteiger partial charge in [0.15, 0.2) is 0 Å². The van der Waals surface area contributed by atoms with Crippen LogP contribution in [0.15, 0.2) is 47.5 Å². The highest BCUT2D eigenvalue weighted by molar-refractivity contribution is 7.92. The van der Waals surface area contributed by atoms with Crippen LogP contribution in [0.2, 0.25) is 0 Å². The third kappa shape index (κ3) is 3.62. The summed E-state index contributed by atoms with van der Waals surface area (Å²) in [6, 6.07) is 6.76. The van der Waals surface area contributed by atoms with Crippen LogP contribution in [0.4, 0.5) is 24.5 Å². The number of hydrogen-bond donors (Lipinski definition) is 0. The number of nitro benzene ring substituents is 1. The minimum atomic E-state index is -5.68. The molecule has 0 spiro atoms. The zero-order valence-corrected chi connectivity index (χ0v) is 14.5. The Morgan fingerprint density at radius 3 is 2.38 bits per heavy atom. The van der Waals surface area contributed by atoms with E-state index in [1.807, 2.05) is 0 Å². The fourth-order valence-electron chi connectivity index (χ4n) is 2.28. The van der Waals surface area contributed by atoms with Gasteiger partial charge >= 0.3 is 5.51 Å². The van der Waals surface area contributed by atoms with Crippen molar-refractivity contribution in [2.75, 3.05) is 11.9 Å². The van der Waals surface area contributed by atoms with E-state index in [-0.39, 0.29) is 5.69 Å². The van der Waals surface area contributed by atoms with Crippen LogP contribution >= 0.6 is 0 Å². The van der Waals surface area contributed by atoms with Crippen LogP contribution in [0.1, 0.15) is 18.7 Å². The highest BCUT2D eigenvalue weighted by atomic mass is 32.2. The smallest absolute Gasteiger partial charge is 0.361 e. The number of alkyl halides is 3. The molecular formula is C15H14F3N3O4S. The molecule has 0 aliphatic carbocycles. The van der Waals surface area contributed by atoms with Crippen LogP contribution in [0, 0.1) is 10.1 Å². The number of nitro groups is 1. The second-order valence-corrected chi connectivity index (χ2v) is 7.34. The molecule has 0 fully saturated rings. The first-order chi connectivity index (χ1) is 12.0. The van der Waals surface area contributed by atoms with E-state index in [1.165, 1.54) is 18.1 Å². The number of sulfone groups is 1. The van der Waals surface area contributed by atoms with E-state index in [4.69, 9.17) is 0 Å². The number of anilines is 1. The standard InChI is InChI=1S/C15H14F3N3O4S/c1-10(12-5-3-4-8-19-12)20(2)13-7-6-11(9-14(13)21(22)23)26(24,25)15(16,17)18/h3-10H,1-2H3. The molecule has 0 saturated heterocycles. The van der Waals surface area contributed by atoms with Crippen LogP contribution in [-0.2, 0) is 9.84 Å². The van der Waals surface area contributed by atoms with Crippen molar-refractivity contribution in [3.05, 3.63) is 58.4 Å². The van der Waals surface area contributed by atoms with Gasteiger partial charge in [-0.25, -0.2) is 8.42 Å². The number of halogens is 3. The van der Waals surface area contributed by atoms with Crippen LogP contribution in [-0.4, -0.2) is 30.9 Å². The highest BCUT2D eigenvalue weighted by Crippen LogP contribution is 2.37. The summed E-state index contributed by atoms with van der Waals surface area (Å²) in [5.41, 5.74) is -5.75. The summed E-state index contributed by atoms with van der Waals surface area (Å²) in [6.07, 6.45) is 1.53. The molecule has 0 aliphatic rings. The molecule has 2 rings (SSSR count). The molecular weight excluding hydrogens is 375 g/mol. The van der Waals surface area contributed by atoms with E-state index in [1.54, 1.807) is 25.1 Å². The van der Waals surface area contributed by atoms with E-state index in [9.17, 15) is 31.7 Å². The quantitative estimate of drug-likeness (QED) is 0.574. The van der Waals surface area contributed by atoms with E-state index >= 15 is 0 Å². The van der Waals surface area contributed by atoms with E-state index in [2.05, 4.69) is 4.98 Å². The number of hydrogen-bond acceptors (Lipinski definition) is 6. The van der Waals surface area contributed by atoms with Gasteiger partial charge in [-0.2, -0.15) is 13.2 Å². The zero-order chi connectivity index (χ0) is 19.7. The third-order valence-electron chi connectivity index (χ3n) is 3.84. The Morgan fingerprint density at radius 1 is 1.23 bits per heavy atom. The molecule has 0 bridgehead atoms. The predicted molar refractivity (Wildman–Crippen MR) is 87.4 cm³/mol. The molecule has 1 aromatic heterocycles. The van der Waals surface area contributed by atoms with Crippen LogP contribution in [0.3, 0.4) is 0 Å². The highest BCUT2D eigenvalue weighted by Gasteiger charge is 2.47. The lowest BCUT2D eigenvalue weighted by Crippen LogP contribution is -2.25. The summed E-state index contributed by atoms with van der Waals surface area (Å²) >= 11 is 0. The Hall–Kier alpha value is -2.69. The van der Waals surface area contributed by atoms with Crippen molar-refractivity contribution in [3.8, 4) is 0 Å². The Kier molecular flexibility index (Phi) is 5.21.